The summed E-state index contributed by atoms with van der Waals surface area (Å²) < 4.78 is 2.37. The van der Waals surface area contributed by atoms with Gasteiger partial charge >= 0.3 is 12.1 Å². The van der Waals surface area contributed by atoms with Crippen molar-refractivity contribution in [1.82, 2.24) is 29.7 Å². The summed E-state index contributed by atoms with van der Waals surface area (Å²) >= 11 is 6.30. The number of aromatic nitrogens is 3. The van der Waals surface area contributed by atoms with Crippen LogP contribution in [-0.2, 0) is 4.79 Å². The number of hydrogen-bond acceptors (Lipinski definition) is 9. The summed E-state index contributed by atoms with van der Waals surface area (Å²) in [7, 11) is 0. The number of halogens is 1. The van der Waals surface area contributed by atoms with E-state index in [9.17, 15) is 19.6 Å². The van der Waals surface area contributed by atoms with Gasteiger partial charge in [-0.2, -0.15) is 5.26 Å². The molecule has 2 aromatic heterocycles. The number of urea groups is 2. The monoisotopic (exact) mass is 777 g/mol. The lowest BCUT2D eigenvalue weighted by molar-refractivity contribution is -0.120. The van der Waals surface area contributed by atoms with Crippen LogP contribution in [0, 0.1) is 17.2 Å². The van der Waals surface area contributed by atoms with Gasteiger partial charge in [-0.1, -0.05) is 17.7 Å². The molecule has 2 aromatic carbocycles. The highest BCUT2D eigenvalue weighted by Gasteiger charge is 2.33. The third-order valence-corrected chi connectivity index (χ3v) is 12.3. The smallest absolute Gasteiger partial charge is 0.328 e. The quantitative estimate of drug-likeness (QED) is 0.228. The third-order valence-electron chi connectivity index (χ3n) is 12.0. The molecule has 0 spiro atoms. The van der Waals surface area contributed by atoms with Gasteiger partial charge in [-0.3, -0.25) is 15.0 Å². The summed E-state index contributed by atoms with van der Waals surface area (Å²) in [5, 5.41) is 16.1. The molecule has 5 amide bonds. The Morgan fingerprint density at radius 1 is 0.964 bits per heavy atom. The fourth-order valence-corrected chi connectivity index (χ4v) is 9.08. The number of piperidine rings is 2. The predicted molar refractivity (Wildman–Crippen MR) is 217 cm³/mol. The molecule has 56 heavy (non-hydrogen) atoms. The molecule has 4 aromatic rings. The molecule has 2 unspecified atom stereocenters. The van der Waals surface area contributed by atoms with E-state index in [-0.39, 0.29) is 30.1 Å². The first-order valence-corrected chi connectivity index (χ1v) is 20.1. The van der Waals surface area contributed by atoms with Gasteiger partial charge in [0, 0.05) is 94.2 Å². The molecule has 8 rings (SSSR count). The van der Waals surface area contributed by atoms with Crippen LogP contribution in [0.25, 0.3) is 10.9 Å². The Balaban J connectivity index is 0.787. The molecular formula is C41H48ClN11O3. The van der Waals surface area contributed by atoms with Crippen molar-refractivity contribution >= 4 is 63.5 Å². The summed E-state index contributed by atoms with van der Waals surface area (Å²) in [6, 6.07) is 15.6. The van der Waals surface area contributed by atoms with E-state index in [1.807, 2.05) is 36.1 Å². The molecule has 14 nitrogen and oxygen atoms in total. The highest BCUT2D eigenvalue weighted by molar-refractivity contribution is 6.32. The standard InChI is InChI=1S/C41H48ClN11O3/c1-27-25-53(28(2)24-52(27)33-7-6-30(21-43)35(42)20-33)40(55)46-31-22-44-39(45-23-31)49-16-8-29(9-17-49)26-48-14-10-32(11-15-48)50-18-12-34-36(50)4-3-5-37(34)51-19-13-38(54)47-41(51)56/h3-7,12,18,20,22-23,27-29,32H,8-11,13-17,19,24-26H2,1-2H3,(H,46,55)(H,47,54,56). The number of likely N-dealkylation sites (tertiary alicyclic amines) is 1. The molecule has 0 radical (unpaired) electrons. The van der Waals surface area contributed by atoms with Gasteiger partial charge in [0.25, 0.3) is 0 Å². The maximum absolute atomic E-state index is 13.4. The first kappa shape index (κ1) is 37.5. The van der Waals surface area contributed by atoms with Crippen molar-refractivity contribution in [2.45, 2.75) is 64.1 Å². The van der Waals surface area contributed by atoms with Crippen LogP contribution < -0.4 is 25.3 Å². The summed E-state index contributed by atoms with van der Waals surface area (Å²) in [6.45, 7) is 10.7. The van der Waals surface area contributed by atoms with Gasteiger partial charge in [0.2, 0.25) is 11.9 Å². The van der Waals surface area contributed by atoms with E-state index >= 15 is 0 Å². The molecule has 2 N–H and O–H groups in total. The van der Waals surface area contributed by atoms with Crippen LogP contribution in [0.15, 0.2) is 61.1 Å². The molecule has 292 valence electrons. The second-order valence-corrected chi connectivity index (χ2v) is 16.0. The molecule has 4 fully saturated rings. The number of nitriles is 1. The highest BCUT2D eigenvalue weighted by atomic mass is 35.5. The summed E-state index contributed by atoms with van der Waals surface area (Å²) in [4.78, 5) is 57.5. The number of rotatable bonds is 7. The van der Waals surface area contributed by atoms with Crippen molar-refractivity contribution in [1.29, 1.82) is 5.26 Å². The Hall–Kier alpha value is -5.39. The lowest BCUT2D eigenvalue weighted by Gasteiger charge is -2.45. The number of nitrogens with zero attached hydrogens (tertiary/aromatic N) is 9. The molecule has 0 saturated carbocycles. The van der Waals surface area contributed by atoms with Crippen LogP contribution in [0.5, 0.6) is 0 Å². The van der Waals surface area contributed by atoms with E-state index in [0.29, 0.717) is 60.2 Å². The number of nitrogens with one attached hydrogen (secondary N) is 2. The Kier molecular flexibility index (Phi) is 10.7. The van der Waals surface area contributed by atoms with Gasteiger partial charge < -0.3 is 29.5 Å². The largest absolute Gasteiger partial charge is 0.365 e. The molecule has 0 bridgehead atoms. The normalized spacial score (nSPS) is 21.7. The fourth-order valence-electron chi connectivity index (χ4n) is 8.87. The topological polar surface area (TPSA) is 146 Å². The molecule has 4 aliphatic heterocycles. The number of fused-ring (bicyclic) bond motifs is 1. The number of carbonyl (C=O) groups is 3. The number of anilines is 4. The Labute approximate surface area is 332 Å². The molecule has 15 heteroatoms. The van der Waals surface area contributed by atoms with Crippen molar-refractivity contribution in [3.8, 4) is 6.07 Å². The molecule has 6 heterocycles. The lowest BCUT2D eigenvalue weighted by atomic mass is 9.95. The molecule has 4 saturated heterocycles. The van der Waals surface area contributed by atoms with Crippen LogP contribution in [-0.4, -0.2) is 107 Å². The van der Waals surface area contributed by atoms with Crippen molar-refractivity contribution in [2.75, 3.05) is 72.4 Å². The Bertz CT molecular complexity index is 2140. The first-order chi connectivity index (χ1) is 27.1. The second kappa shape index (κ2) is 16.0. The number of piperazine rings is 1. The van der Waals surface area contributed by atoms with Crippen molar-refractivity contribution in [2.24, 2.45) is 5.92 Å². The zero-order chi connectivity index (χ0) is 38.9. The highest BCUT2D eigenvalue weighted by Crippen LogP contribution is 2.34. The average Bonchev–Trinajstić information content (AvgIpc) is 3.64. The third kappa shape index (κ3) is 7.70. The fraction of sp³-hybridized carbons (Fsp3) is 0.463. The molecular weight excluding hydrogens is 730 g/mol. The van der Waals surface area contributed by atoms with Crippen molar-refractivity contribution in [3.63, 3.8) is 0 Å². The first-order valence-electron chi connectivity index (χ1n) is 19.7. The van der Waals surface area contributed by atoms with Gasteiger partial charge in [-0.05, 0) is 81.8 Å². The number of amides is 5. The van der Waals surface area contributed by atoms with E-state index in [2.05, 4.69) is 71.2 Å². The van der Waals surface area contributed by atoms with Crippen LogP contribution in [0.3, 0.4) is 0 Å². The maximum atomic E-state index is 13.4. The van der Waals surface area contributed by atoms with E-state index in [0.717, 1.165) is 80.7 Å². The summed E-state index contributed by atoms with van der Waals surface area (Å²) in [5.74, 6) is 1.09. The van der Waals surface area contributed by atoms with Crippen LogP contribution in [0.4, 0.5) is 32.6 Å². The van der Waals surface area contributed by atoms with Crippen LogP contribution >= 0.6 is 11.6 Å². The average molecular weight is 778 g/mol. The van der Waals surface area contributed by atoms with Gasteiger partial charge in [-0.25, -0.2) is 19.6 Å². The van der Waals surface area contributed by atoms with Crippen LogP contribution in [0.2, 0.25) is 5.02 Å². The van der Waals surface area contributed by atoms with E-state index in [1.54, 1.807) is 23.4 Å². The van der Waals surface area contributed by atoms with E-state index in [1.165, 1.54) is 0 Å². The maximum Gasteiger partial charge on any atom is 0.328 e. The van der Waals surface area contributed by atoms with Crippen molar-refractivity contribution < 1.29 is 14.4 Å². The van der Waals surface area contributed by atoms with E-state index in [4.69, 9.17) is 11.6 Å². The zero-order valence-electron chi connectivity index (χ0n) is 31.9. The summed E-state index contributed by atoms with van der Waals surface area (Å²) in [6.07, 6.45) is 10.2. The van der Waals surface area contributed by atoms with E-state index < -0.39 is 0 Å². The van der Waals surface area contributed by atoms with Crippen LogP contribution in [0.1, 0.15) is 57.6 Å². The molecule has 0 aliphatic carbocycles. The predicted octanol–water partition coefficient (Wildman–Crippen LogP) is 6.09. The second-order valence-electron chi connectivity index (χ2n) is 15.6. The SMILES string of the molecule is CC1CN(c2ccc(C#N)c(Cl)c2)C(C)CN1C(=O)Nc1cnc(N2CCC(CN3CCC(n4ccc5c(N6CCC(=O)NC6=O)cccc54)CC3)CC2)nc1. The number of imide groups is 1. The lowest BCUT2D eigenvalue weighted by Crippen LogP contribution is -2.59. The number of carbonyl (C=O) groups excluding carboxylic acids is 3. The molecule has 4 aliphatic rings. The molecule has 2 atom stereocenters. The van der Waals surface area contributed by atoms with Gasteiger partial charge in [0.1, 0.15) is 6.07 Å². The summed E-state index contributed by atoms with van der Waals surface area (Å²) in [5.41, 5.74) is 3.93. The minimum atomic E-state index is -0.354. The minimum absolute atomic E-state index is 0.0475. The Morgan fingerprint density at radius 3 is 2.45 bits per heavy atom. The number of hydrogen-bond donors (Lipinski definition) is 2. The van der Waals surface area contributed by atoms with Gasteiger partial charge in [0.05, 0.1) is 39.9 Å². The Morgan fingerprint density at radius 2 is 1.73 bits per heavy atom. The van der Waals surface area contributed by atoms with Gasteiger partial charge in [-0.15, -0.1) is 0 Å². The minimum Gasteiger partial charge on any atom is -0.365 e. The zero-order valence-corrected chi connectivity index (χ0v) is 32.7. The number of benzene rings is 2. The van der Waals surface area contributed by atoms with Crippen molar-refractivity contribution in [3.05, 3.63) is 71.6 Å². The van der Waals surface area contributed by atoms with Gasteiger partial charge in [0.15, 0.2) is 0 Å².